The van der Waals surface area contributed by atoms with Crippen LogP contribution in [-0.4, -0.2) is 35.7 Å². The second-order valence-electron chi connectivity index (χ2n) is 5.15. The minimum atomic E-state index is -0.514. The molecule has 0 aliphatic carbocycles. The lowest BCUT2D eigenvalue weighted by atomic mass is 10.1. The van der Waals surface area contributed by atoms with Gasteiger partial charge in [0.05, 0.1) is 4.92 Å². The van der Waals surface area contributed by atoms with E-state index in [4.69, 9.17) is 0 Å². The number of Topliss-reactive ketones (excluding diaryl/α,β-unsaturated/α-hetero) is 1. The summed E-state index contributed by atoms with van der Waals surface area (Å²) in [6, 6.07) is 4.35. The van der Waals surface area contributed by atoms with Crippen LogP contribution in [0.25, 0.3) is 0 Å². The van der Waals surface area contributed by atoms with E-state index in [0.29, 0.717) is 24.3 Å². The summed E-state index contributed by atoms with van der Waals surface area (Å²) in [5.74, 6) is -0.297. The third kappa shape index (κ3) is 3.36. The van der Waals surface area contributed by atoms with E-state index < -0.39 is 4.92 Å². The van der Waals surface area contributed by atoms with Crippen molar-refractivity contribution in [1.29, 1.82) is 0 Å². The Bertz CT molecular complexity index is 600. The van der Waals surface area contributed by atoms with Gasteiger partial charge in [0.2, 0.25) is 5.91 Å². The number of nitro groups is 1. The van der Waals surface area contributed by atoms with Crippen LogP contribution in [0.3, 0.4) is 0 Å². The number of nitrogens with zero attached hydrogens (tertiary/aromatic N) is 2. The van der Waals surface area contributed by atoms with Crippen molar-refractivity contribution in [2.45, 2.75) is 26.3 Å². The monoisotopic (exact) mass is 291 g/mol. The first-order valence-electron chi connectivity index (χ1n) is 6.70. The first kappa shape index (κ1) is 15.0. The Morgan fingerprint density at radius 3 is 2.67 bits per heavy atom. The molecule has 1 amide bonds. The quantitative estimate of drug-likeness (QED) is 0.515. The molecule has 1 aromatic carbocycles. The van der Waals surface area contributed by atoms with Gasteiger partial charge in [0, 0.05) is 49.4 Å². The Balaban J connectivity index is 2.26. The molecule has 21 heavy (non-hydrogen) atoms. The lowest BCUT2D eigenvalue weighted by Gasteiger charge is -2.21. The van der Waals surface area contributed by atoms with Crippen molar-refractivity contribution in [3.8, 4) is 0 Å². The second kappa shape index (κ2) is 5.90. The summed E-state index contributed by atoms with van der Waals surface area (Å²) >= 11 is 0. The molecule has 1 saturated heterocycles. The van der Waals surface area contributed by atoms with Crippen LogP contribution in [0.1, 0.15) is 30.6 Å². The zero-order valence-electron chi connectivity index (χ0n) is 12.0. The Morgan fingerprint density at radius 1 is 1.38 bits per heavy atom. The summed E-state index contributed by atoms with van der Waals surface area (Å²) in [6.45, 7) is 4.15. The summed E-state index contributed by atoms with van der Waals surface area (Å²) in [4.78, 5) is 35.1. The summed E-state index contributed by atoms with van der Waals surface area (Å²) in [7, 11) is 0. The molecule has 1 heterocycles. The van der Waals surface area contributed by atoms with Crippen LogP contribution in [0, 0.1) is 10.1 Å². The van der Waals surface area contributed by atoms with Crippen molar-refractivity contribution in [3.05, 3.63) is 33.9 Å². The average Bonchev–Trinajstić information content (AvgIpc) is 2.85. The first-order valence-corrected chi connectivity index (χ1v) is 6.70. The standard InChI is InChI=1S/C14H17N3O4/c1-9(18)13-7-12(17(20)21)3-4-14(13)16-6-5-11(8-16)15-10(2)19/h3-4,7,11H,5-6,8H2,1-2H3,(H,15,19). The van der Waals surface area contributed by atoms with Crippen LogP contribution in [0.2, 0.25) is 0 Å². The van der Waals surface area contributed by atoms with E-state index in [1.54, 1.807) is 6.07 Å². The molecule has 0 bridgehead atoms. The fraction of sp³-hybridized carbons (Fsp3) is 0.429. The number of carbonyl (C=O) groups excluding carboxylic acids is 2. The van der Waals surface area contributed by atoms with Gasteiger partial charge in [-0.3, -0.25) is 19.7 Å². The van der Waals surface area contributed by atoms with Gasteiger partial charge in [-0.2, -0.15) is 0 Å². The summed E-state index contributed by atoms with van der Waals surface area (Å²) in [5, 5.41) is 13.7. The second-order valence-corrected chi connectivity index (χ2v) is 5.15. The SMILES string of the molecule is CC(=O)NC1CCN(c2ccc([N+](=O)[O-])cc2C(C)=O)C1. The molecule has 0 radical (unpaired) electrons. The largest absolute Gasteiger partial charge is 0.369 e. The summed E-state index contributed by atoms with van der Waals surface area (Å²) < 4.78 is 0. The van der Waals surface area contributed by atoms with Gasteiger partial charge in [0.1, 0.15) is 0 Å². The van der Waals surface area contributed by atoms with Crippen molar-refractivity contribution < 1.29 is 14.5 Å². The van der Waals surface area contributed by atoms with Gasteiger partial charge in [0.15, 0.2) is 5.78 Å². The van der Waals surface area contributed by atoms with Crippen LogP contribution in [0.5, 0.6) is 0 Å². The summed E-state index contributed by atoms with van der Waals surface area (Å²) in [6.07, 6.45) is 0.786. The highest BCUT2D eigenvalue weighted by Gasteiger charge is 2.26. The van der Waals surface area contributed by atoms with Crippen molar-refractivity contribution >= 4 is 23.1 Å². The molecule has 1 fully saturated rings. The fourth-order valence-corrected chi connectivity index (χ4v) is 2.58. The zero-order valence-corrected chi connectivity index (χ0v) is 12.0. The van der Waals surface area contributed by atoms with Gasteiger partial charge in [-0.15, -0.1) is 0 Å². The van der Waals surface area contributed by atoms with Gasteiger partial charge < -0.3 is 10.2 Å². The Hall–Kier alpha value is -2.44. The maximum absolute atomic E-state index is 11.7. The average molecular weight is 291 g/mol. The molecule has 112 valence electrons. The van der Waals surface area contributed by atoms with Crippen LogP contribution in [0.15, 0.2) is 18.2 Å². The molecule has 2 rings (SSSR count). The van der Waals surface area contributed by atoms with Crippen molar-refractivity contribution in [3.63, 3.8) is 0 Å². The molecule has 1 aliphatic rings. The normalized spacial score (nSPS) is 17.6. The molecule has 7 nitrogen and oxygen atoms in total. The maximum Gasteiger partial charge on any atom is 0.270 e. The highest BCUT2D eigenvalue weighted by atomic mass is 16.6. The molecule has 1 unspecified atom stereocenters. The zero-order chi connectivity index (χ0) is 15.6. The number of non-ortho nitro benzene ring substituents is 1. The first-order chi connectivity index (χ1) is 9.88. The van der Waals surface area contributed by atoms with Gasteiger partial charge >= 0.3 is 0 Å². The van der Waals surface area contributed by atoms with E-state index in [1.807, 2.05) is 4.90 Å². The van der Waals surface area contributed by atoms with Crippen LogP contribution < -0.4 is 10.2 Å². The number of hydrogen-bond acceptors (Lipinski definition) is 5. The van der Waals surface area contributed by atoms with Gasteiger partial charge in [-0.1, -0.05) is 0 Å². The fourth-order valence-electron chi connectivity index (χ4n) is 2.58. The maximum atomic E-state index is 11.7. The van der Waals surface area contributed by atoms with E-state index in [-0.39, 0.29) is 23.4 Å². The minimum Gasteiger partial charge on any atom is -0.369 e. The number of anilines is 1. The third-order valence-corrected chi connectivity index (χ3v) is 3.51. The number of carbonyl (C=O) groups is 2. The molecule has 0 spiro atoms. The van der Waals surface area contributed by atoms with Gasteiger partial charge in [0.25, 0.3) is 5.69 Å². The van der Waals surface area contributed by atoms with E-state index in [0.717, 1.165) is 6.42 Å². The highest BCUT2D eigenvalue weighted by Crippen LogP contribution is 2.28. The van der Waals surface area contributed by atoms with E-state index in [9.17, 15) is 19.7 Å². The van der Waals surface area contributed by atoms with E-state index in [2.05, 4.69) is 5.32 Å². The lowest BCUT2D eigenvalue weighted by molar-refractivity contribution is -0.384. The predicted octanol–water partition coefficient (Wildman–Crippen LogP) is 1.51. The number of amides is 1. The molecule has 0 saturated carbocycles. The Labute approximate surface area is 122 Å². The van der Waals surface area contributed by atoms with Crippen LogP contribution in [0.4, 0.5) is 11.4 Å². The number of nitro benzene ring substituents is 1. The smallest absolute Gasteiger partial charge is 0.270 e. The van der Waals surface area contributed by atoms with Crippen LogP contribution in [-0.2, 0) is 4.79 Å². The van der Waals surface area contributed by atoms with E-state index >= 15 is 0 Å². The summed E-state index contributed by atoms with van der Waals surface area (Å²) in [5.41, 5.74) is 0.926. The third-order valence-electron chi connectivity index (χ3n) is 3.51. The van der Waals surface area contributed by atoms with Gasteiger partial charge in [-0.05, 0) is 19.4 Å². The van der Waals surface area contributed by atoms with Crippen molar-refractivity contribution in [2.24, 2.45) is 0 Å². The number of ketones is 1. The number of benzene rings is 1. The Morgan fingerprint density at radius 2 is 2.10 bits per heavy atom. The molecule has 1 aromatic rings. The number of rotatable bonds is 4. The van der Waals surface area contributed by atoms with Crippen LogP contribution >= 0.6 is 0 Å². The van der Waals surface area contributed by atoms with Crippen molar-refractivity contribution in [1.82, 2.24) is 5.32 Å². The molecule has 7 heteroatoms. The topological polar surface area (TPSA) is 92.6 Å². The lowest BCUT2D eigenvalue weighted by Crippen LogP contribution is -2.35. The number of nitrogens with one attached hydrogen (secondary N) is 1. The molecule has 0 aromatic heterocycles. The molecular weight excluding hydrogens is 274 g/mol. The molecule has 1 N–H and O–H groups in total. The number of hydrogen-bond donors (Lipinski definition) is 1. The minimum absolute atomic E-state index is 0.0394. The van der Waals surface area contributed by atoms with Gasteiger partial charge in [-0.25, -0.2) is 0 Å². The van der Waals surface area contributed by atoms with Crippen molar-refractivity contribution in [2.75, 3.05) is 18.0 Å². The predicted molar refractivity (Wildman–Crippen MR) is 77.5 cm³/mol. The molecule has 1 atom stereocenters. The Kier molecular flexibility index (Phi) is 4.21. The van der Waals surface area contributed by atoms with E-state index in [1.165, 1.54) is 26.0 Å². The molecule has 1 aliphatic heterocycles. The highest BCUT2D eigenvalue weighted by molar-refractivity contribution is 6.00. The molecular formula is C14H17N3O4.